The van der Waals surface area contributed by atoms with Crippen molar-refractivity contribution in [2.75, 3.05) is 12.4 Å². The van der Waals surface area contributed by atoms with Crippen molar-refractivity contribution < 1.29 is 50.0 Å². The van der Waals surface area contributed by atoms with Crippen molar-refractivity contribution in [3.63, 3.8) is 0 Å². The molecule has 0 aliphatic carbocycles. The van der Waals surface area contributed by atoms with Crippen LogP contribution in [0.1, 0.15) is 0 Å². The molecule has 23 heavy (non-hydrogen) atoms. The first-order valence-electron chi connectivity index (χ1n) is 6.85. The minimum Gasteiger partial charge on any atom is -0.504 e. The molecular formula is C12H20O10S. The number of ether oxygens (including phenoxy) is 3. The van der Waals surface area contributed by atoms with Gasteiger partial charge in [-0.1, -0.05) is 0 Å². The average molecular weight is 356 g/mol. The van der Waals surface area contributed by atoms with Crippen LogP contribution in [0, 0.1) is 0 Å². The highest BCUT2D eigenvalue weighted by atomic mass is 32.1. The molecule has 11 heteroatoms. The van der Waals surface area contributed by atoms with Gasteiger partial charge >= 0.3 is 5.95 Å². The van der Waals surface area contributed by atoms with Gasteiger partial charge in [0.05, 0.1) is 6.61 Å². The van der Waals surface area contributed by atoms with Crippen molar-refractivity contribution in [1.29, 1.82) is 0 Å². The molecule has 7 N–H and O–H groups in total. The molecule has 2 rings (SSSR count). The van der Waals surface area contributed by atoms with Crippen molar-refractivity contribution in [2.24, 2.45) is 0 Å². The van der Waals surface area contributed by atoms with Crippen molar-refractivity contribution in [3.05, 3.63) is 11.7 Å². The van der Waals surface area contributed by atoms with E-state index in [1.165, 1.54) is 0 Å². The molecule has 0 radical (unpaired) electrons. The summed E-state index contributed by atoms with van der Waals surface area (Å²) in [4.78, 5) is 0. The predicted octanol–water partition coefficient (Wildman–Crippen LogP) is -3.42. The summed E-state index contributed by atoms with van der Waals surface area (Å²) >= 11 is 3.94. The number of thiol groups is 1. The monoisotopic (exact) mass is 356 g/mol. The van der Waals surface area contributed by atoms with Crippen LogP contribution in [0.15, 0.2) is 11.7 Å². The smallest absolute Gasteiger partial charge is 0.322 e. The molecule has 1 fully saturated rings. The van der Waals surface area contributed by atoms with E-state index in [4.69, 9.17) is 14.2 Å². The lowest BCUT2D eigenvalue weighted by molar-refractivity contribution is -0.297. The van der Waals surface area contributed by atoms with Gasteiger partial charge in [-0.05, 0) is 0 Å². The molecule has 0 aromatic rings. The minimum absolute atomic E-state index is 0.00709. The van der Waals surface area contributed by atoms with Crippen LogP contribution in [0.4, 0.5) is 0 Å². The zero-order valence-corrected chi connectivity index (χ0v) is 12.7. The van der Waals surface area contributed by atoms with Crippen molar-refractivity contribution in [3.8, 4) is 0 Å². The molecule has 0 bridgehead atoms. The fraction of sp³-hybridized carbons (Fsp3) is 0.833. The molecule has 2 aliphatic heterocycles. The second-order valence-electron chi connectivity index (χ2n) is 5.26. The van der Waals surface area contributed by atoms with E-state index in [2.05, 4.69) is 12.6 Å². The number of aliphatic hydroxyl groups excluding tert-OH is 7. The highest BCUT2D eigenvalue weighted by Gasteiger charge is 2.47. The average Bonchev–Trinajstić information content (AvgIpc) is 2.55. The van der Waals surface area contributed by atoms with E-state index in [0.717, 1.165) is 0 Å². The van der Waals surface area contributed by atoms with Gasteiger partial charge in [-0.15, -0.1) is 0 Å². The molecule has 0 amide bonds. The lowest BCUT2D eigenvalue weighted by Crippen LogP contribution is -2.59. The zero-order valence-electron chi connectivity index (χ0n) is 11.8. The van der Waals surface area contributed by atoms with E-state index < -0.39 is 67.3 Å². The molecule has 0 aromatic carbocycles. The van der Waals surface area contributed by atoms with Gasteiger partial charge in [0, 0.05) is 5.75 Å². The van der Waals surface area contributed by atoms with Crippen LogP contribution in [0.5, 0.6) is 0 Å². The lowest BCUT2D eigenvalue weighted by Gasteiger charge is -2.41. The SMILES string of the molecule is OCC1OC(O)C(O)C(O)[C@@H]1OC1=C(O)C(O)[C@@H](O)C(CS)O1. The third kappa shape index (κ3) is 3.51. The van der Waals surface area contributed by atoms with Gasteiger partial charge in [0.2, 0.25) is 5.76 Å². The Kier molecular flexibility index (Phi) is 5.97. The fourth-order valence-corrected chi connectivity index (χ4v) is 2.61. The molecule has 0 aromatic heterocycles. The molecule has 2 heterocycles. The maximum Gasteiger partial charge on any atom is 0.322 e. The quantitative estimate of drug-likeness (QED) is 0.237. The largest absolute Gasteiger partial charge is 0.504 e. The Balaban J connectivity index is 2.21. The summed E-state index contributed by atoms with van der Waals surface area (Å²) in [5.41, 5.74) is 0. The van der Waals surface area contributed by atoms with E-state index in [0.29, 0.717) is 0 Å². The zero-order chi connectivity index (χ0) is 17.3. The summed E-state index contributed by atoms with van der Waals surface area (Å²) in [6.45, 7) is -0.666. The van der Waals surface area contributed by atoms with E-state index in [9.17, 15) is 35.7 Å². The summed E-state index contributed by atoms with van der Waals surface area (Å²) < 4.78 is 15.3. The molecule has 8 atom stereocenters. The van der Waals surface area contributed by atoms with Crippen LogP contribution in [0.25, 0.3) is 0 Å². The summed E-state index contributed by atoms with van der Waals surface area (Å²) in [6.07, 6.45) is -11.9. The lowest BCUT2D eigenvalue weighted by atomic mass is 9.99. The Morgan fingerprint density at radius 1 is 1.00 bits per heavy atom. The Hall–Kier alpha value is -0.790. The summed E-state index contributed by atoms with van der Waals surface area (Å²) in [5.74, 6) is -1.43. The molecule has 1 saturated heterocycles. The number of rotatable bonds is 4. The van der Waals surface area contributed by atoms with Crippen LogP contribution in [-0.2, 0) is 14.2 Å². The van der Waals surface area contributed by atoms with E-state index in [1.54, 1.807) is 0 Å². The van der Waals surface area contributed by atoms with E-state index in [1.807, 2.05) is 0 Å². The van der Waals surface area contributed by atoms with Crippen molar-refractivity contribution in [1.82, 2.24) is 0 Å². The Labute approximate surface area is 136 Å². The van der Waals surface area contributed by atoms with Gasteiger partial charge in [0.25, 0.3) is 0 Å². The minimum atomic E-state index is -1.73. The Morgan fingerprint density at radius 3 is 2.22 bits per heavy atom. The second-order valence-corrected chi connectivity index (χ2v) is 5.62. The van der Waals surface area contributed by atoms with E-state index in [-0.39, 0.29) is 5.75 Å². The van der Waals surface area contributed by atoms with Crippen molar-refractivity contribution in [2.45, 2.75) is 49.0 Å². The summed E-state index contributed by atoms with van der Waals surface area (Å²) in [6, 6.07) is 0. The van der Waals surface area contributed by atoms with Crippen LogP contribution < -0.4 is 0 Å². The molecule has 0 saturated carbocycles. The van der Waals surface area contributed by atoms with Gasteiger partial charge in [-0.3, -0.25) is 0 Å². The van der Waals surface area contributed by atoms with Crippen LogP contribution in [0.3, 0.4) is 0 Å². The number of aliphatic hydroxyl groups is 7. The number of hydrogen-bond acceptors (Lipinski definition) is 11. The van der Waals surface area contributed by atoms with Gasteiger partial charge in [0.1, 0.15) is 36.6 Å². The van der Waals surface area contributed by atoms with Crippen LogP contribution >= 0.6 is 12.6 Å². The summed E-state index contributed by atoms with van der Waals surface area (Å²) in [7, 11) is 0. The highest BCUT2D eigenvalue weighted by molar-refractivity contribution is 7.80. The van der Waals surface area contributed by atoms with E-state index >= 15 is 0 Å². The van der Waals surface area contributed by atoms with Crippen molar-refractivity contribution >= 4 is 12.6 Å². The maximum absolute atomic E-state index is 9.95. The molecule has 2 aliphatic rings. The first kappa shape index (κ1) is 18.5. The molecule has 10 nitrogen and oxygen atoms in total. The normalized spacial score (nSPS) is 44.8. The Morgan fingerprint density at radius 2 is 1.65 bits per heavy atom. The highest BCUT2D eigenvalue weighted by Crippen LogP contribution is 2.30. The Bertz CT molecular complexity index is 444. The predicted molar refractivity (Wildman–Crippen MR) is 75.2 cm³/mol. The maximum atomic E-state index is 9.95. The fourth-order valence-electron chi connectivity index (χ4n) is 2.32. The standard InChI is InChI=1S/C12H20O10S/c13-1-3-10(7(16)8(17)11(19)20-3)22-12-9(18)6(15)5(14)4(2-23)21-12/h3-8,10-11,13-19,23H,1-2H2/t3?,4?,5-,6?,7?,8?,10+,11?/m0/s1. The molecule has 0 spiro atoms. The van der Waals surface area contributed by atoms with Gasteiger partial charge in [-0.25, -0.2) is 0 Å². The summed E-state index contributed by atoms with van der Waals surface area (Å²) in [5, 5.41) is 67.5. The molecule has 6 unspecified atom stereocenters. The molecular weight excluding hydrogens is 336 g/mol. The van der Waals surface area contributed by atoms with Crippen LogP contribution in [-0.4, -0.2) is 97.1 Å². The third-order valence-corrected chi connectivity index (χ3v) is 4.07. The van der Waals surface area contributed by atoms with Crippen LogP contribution in [0.2, 0.25) is 0 Å². The van der Waals surface area contributed by atoms with Gasteiger partial charge in [0.15, 0.2) is 12.4 Å². The first-order valence-corrected chi connectivity index (χ1v) is 7.49. The topological polar surface area (TPSA) is 169 Å². The third-order valence-electron chi connectivity index (χ3n) is 3.71. The number of hydrogen-bond donors (Lipinski definition) is 8. The second kappa shape index (κ2) is 7.40. The molecule has 134 valence electrons. The first-order chi connectivity index (χ1) is 10.8. The van der Waals surface area contributed by atoms with Gasteiger partial charge in [-0.2, -0.15) is 12.6 Å². The van der Waals surface area contributed by atoms with Gasteiger partial charge < -0.3 is 50.0 Å².